The largest absolute Gasteiger partial charge is 0.438 e. The normalized spacial score (nSPS) is 12.1. The van der Waals surface area contributed by atoms with Crippen LogP contribution in [-0.2, 0) is 13.1 Å². The SMILES string of the molecule is CCCCn1c2ccccc2c2cc(-c3ccc(-c4cc5c6c(nc(N)c(C#N)c6n4)Oc4cc(-c6ccc7c(c6)c6ccccc6n7CCCC)ccc4-5)cc3)ccc21. The molecule has 7 nitrogen and oxygen atoms in total. The van der Waals surface area contributed by atoms with Gasteiger partial charge in [0.15, 0.2) is 0 Å². The second kappa shape index (κ2) is 14.1. The van der Waals surface area contributed by atoms with Crippen LogP contribution in [0.2, 0.25) is 0 Å². The van der Waals surface area contributed by atoms with Gasteiger partial charge in [-0.25, -0.2) is 4.98 Å². The fourth-order valence-electron chi connectivity index (χ4n) is 9.36. The van der Waals surface area contributed by atoms with E-state index < -0.39 is 0 Å². The van der Waals surface area contributed by atoms with E-state index in [9.17, 15) is 5.26 Å². The van der Waals surface area contributed by atoms with Crippen molar-refractivity contribution >= 4 is 60.3 Å². The fraction of sp³-hybridized carbons (Fsp3) is 0.151. The zero-order valence-corrected chi connectivity index (χ0v) is 33.7. The number of aromatic nitrogens is 4. The lowest BCUT2D eigenvalue weighted by atomic mass is 9.93. The summed E-state index contributed by atoms with van der Waals surface area (Å²) in [5, 5.41) is 16.0. The molecule has 0 atom stereocenters. The summed E-state index contributed by atoms with van der Waals surface area (Å²) in [4.78, 5) is 9.67. The molecule has 1 aliphatic heterocycles. The summed E-state index contributed by atoms with van der Waals surface area (Å²) in [7, 11) is 0. The van der Waals surface area contributed by atoms with E-state index in [2.05, 4.69) is 167 Å². The van der Waals surface area contributed by atoms with E-state index in [1.54, 1.807) is 0 Å². The van der Waals surface area contributed by atoms with Crippen molar-refractivity contribution in [3.05, 3.63) is 139 Å². The maximum absolute atomic E-state index is 10.3. The number of rotatable bonds is 9. The standard InChI is InChI=1S/C53H42N6O/c1-3-5-25-58-45-13-9-7-11-37(45)40-27-34(20-23-47(40)58)32-15-17-33(18-16-32)44-30-42-39-22-19-36(29-49(39)60-53-50(42)51(56-44)43(31-54)52(55)57-53)35-21-24-48-41(28-35)38-12-8-10-14-46(38)59(48)26-6-4-2/h7-24,27-30H,3-6,25-26H2,1-2H3,(H2,55,57). The number of pyridine rings is 2. The first kappa shape index (κ1) is 35.7. The first-order valence-electron chi connectivity index (χ1n) is 21.0. The Morgan fingerprint density at radius 2 is 1.10 bits per heavy atom. The highest BCUT2D eigenvalue weighted by atomic mass is 16.5. The van der Waals surface area contributed by atoms with Gasteiger partial charge >= 0.3 is 0 Å². The molecule has 290 valence electrons. The van der Waals surface area contributed by atoms with E-state index in [0.717, 1.165) is 83.4 Å². The number of unbranched alkanes of at least 4 members (excludes halogenated alkanes) is 2. The molecule has 0 amide bonds. The van der Waals surface area contributed by atoms with E-state index in [-0.39, 0.29) is 11.4 Å². The van der Waals surface area contributed by atoms with Gasteiger partial charge in [-0.2, -0.15) is 10.2 Å². The highest BCUT2D eigenvalue weighted by molar-refractivity contribution is 6.11. The summed E-state index contributed by atoms with van der Waals surface area (Å²) in [5.74, 6) is 1.14. The number of ether oxygens (including phenoxy) is 1. The lowest BCUT2D eigenvalue weighted by Gasteiger charge is -2.22. The van der Waals surface area contributed by atoms with Gasteiger partial charge < -0.3 is 19.6 Å². The Morgan fingerprint density at radius 1 is 0.567 bits per heavy atom. The van der Waals surface area contributed by atoms with Crippen molar-refractivity contribution in [1.82, 2.24) is 19.1 Å². The summed E-state index contributed by atoms with van der Waals surface area (Å²) in [6.07, 6.45) is 4.57. The molecule has 0 saturated heterocycles. The number of para-hydroxylation sites is 2. The molecule has 1 aliphatic rings. The number of nitrogen functional groups attached to an aromatic ring is 1. The third-order valence-corrected chi connectivity index (χ3v) is 12.4. The predicted molar refractivity (Wildman–Crippen MR) is 246 cm³/mol. The van der Waals surface area contributed by atoms with Gasteiger partial charge in [-0.05, 0) is 89.7 Å². The highest BCUT2D eigenvalue weighted by Gasteiger charge is 2.27. The van der Waals surface area contributed by atoms with Gasteiger partial charge in [-0.1, -0.05) is 106 Å². The van der Waals surface area contributed by atoms with Crippen molar-refractivity contribution in [3.8, 4) is 62.3 Å². The number of hydrogen-bond acceptors (Lipinski definition) is 5. The molecule has 0 saturated carbocycles. The second-order valence-corrected chi connectivity index (χ2v) is 16.0. The van der Waals surface area contributed by atoms with Gasteiger partial charge in [0.2, 0.25) is 5.88 Å². The Morgan fingerprint density at radius 3 is 1.72 bits per heavy atom. The van der Waals surface area contributed by atoms with Crippen LogP contribution in [0.5, 0.6) is 11.6 Å². The number of hydrogen-bond donors (Lipinski definition) is 1. The van der Waals surface area contributed by atoms with Crippen molar-refractivity contribution in [2.75, 3.05) is 5.73 Å². The molecule has 0 aliphatic carbocycles. The average Bonchev–Trinajstić information content (AvgIpc) is 3.78. The average molecular weight is 779 g/mol. The van der Waals surface area contributed by atoms with Gasteiger partial charge in [0.1, 0.15) is 23.2 Å². The number of nitrogens with two attached hydrogens (primary N) is 1. The molecule has 11 rings (SSSR count). The molecule has 4 aromatic heterocycles. The third kappa shape index (κ3) is 5.55. The lowest BCUT2D eigenvalue weighted by Crippen LogP contribution is -2.06. The summed E-state index contributed by atoms with van der Waals surface area (Å²) in [5.41, 5.74) is 20.1. The summed E-state index contributed by atoms with van der Waals surface area (Å²) < 4.78 is 11.4. The Balaban J connectivity index is 0.990. The van der Waals surface area contributed by atoms with Crippen molar-refractivity contribution < 1.29 is 4.74 Å². The maximum atomic E-state index is 10.3. The number of nitrogens with zero attached hydrogens (tertiary/aromatic N) is 5. The van der Waals surface area contributed by atoms with Crippen LogP contribution in [0, 0.1) is 11.3 Å². The Bertz CT molecular complexity index is 3400. The molecule has 0 unspecified atom stereocenters. The second-order valence-electron chi connectivity index (χ2n) is 16.0. The van der Waals surface area contributed by atoms with Gasteiger partial charge in [0.05, 0.1) is 16.6 Å². The van der Waals surface area contributed by atoms with Gasteiger partial charge in [-0.3, -0.25) is 0 Å². The van der Waals surface area contributed by atoms with Crippen LogP contribution in [0.25, 0.3) is 99.2 Å². The number of benzene rings is 6. The summed E-state index contributed by atoms with van der Waals surface area (Å²) >= 11 is 0. The summed E-state index contributed by atoms with van der Waals surface area (Å²) in [6, 6.07) is 50.2. The third-order valence-electron chi connectivity index (χ3n) is 12.4. The first-order chi connectivity index (χ1) is 29.5. The van der Waals surface area contributed by atoms with Crippen LogP contribution in [0.15, 0.2) is 133 Å². The van der Waals surface area contributed by atoms with Crippen molar-refractivity contribution in [2.24, 2.45) is 0 Å². The number of aryl methyl sites for hydroxylation is 2. The molecule has 60 heavy (non-hydrogen) atoms. The Hall–Kier alpha value is -7.43. The zero-order chi connectivity index (χ0) is 40.5. The number of fused-ring (bicyclic) bond motifs is 8. The fourth-order valence-corrected chi connectivity index (χ4v) is 9.36. The topological polar surface area (TPSA) is 94.7 Å². The van der Waals surface area contributed by atoms with Crippen molar-refractivity contribution in [1.29, 1.82) is 5.26 Å². The minimum Gasteiger partial charge on any atom is -0.438 e. The quantitative estimate of drug-likeness (QED) is 0.157. The molecule has 0 spiro atoms. The minimum atomic E-state index is 0.0990. The molecule has 10 aromatic rings. The number of anilines is 1. The van der Waals surface area contributed by atoms with Crippen LogP contribution in [0.1, 0.15) is 45.1 Å². The van der Waals surface area contributed by atoms with Gasteiger partial charge in [0, 0.05) is 73.4 Å². The minimum absolute atomic E-state index is 0.0990. The predicted octanol–water partition coefficient (Wildman–Crippen LogP) is 13.7. The van der Waals surface area contributed by atoms with Crippen LogP contribution < -0.4 is 10.5 Å². The van der Waals surface area contributed by atoms with Crippen LogP contribution in [-0.4, -0.2) is 19.1 Å². The molecule has 2 N–H and O–H groups in total. The van der Waals surface area contributed by atoms with Crippen LogP contribution >= 0.6 is 0 Å². The molecular formula is C53H42N6O. The van der Waals surface area contributed by atoms with Gasteiger partial charge in [0.25, 0.3) is 0 Å². The smallest absolute Gasteiger partial charge is 0.231 e. The maximum Gasteiger partial charge on any atom is 0.231 e. The van der Waals surface area contributed by atoms with Crippen molar-refractivity contribution in [2.45, 2.75) is 52.6 Å². The Kier molecular flexibility index (Phi) is 8.42. The van der Waals surface area contributed by atoms with Gasteiger partial charge in [-0.15, -0.1) is 0 Å². The molecule has 7 heteroatoms. The summed E-state index contributed by atoms with van der Waals surface area (Å²) in [6.45, 7) is 6.47. The molecular weight excluding hydrogens is 737 g/mol. The van der Waals surface area contributed by atoms with E-state index in [0.29, 0.717) is 22.5 Å². The van der Waals surface area contributed by atoms with Crippen molar-refractivity contribution in [3.63, 3.8) is 0 Å². The molecule has 6 aromatic carbocycles. The van der Waals surface area contributed by atoms with E-state index in [4.69, 9.17) is 15.5 Å². The van der Waals surface area contributed by atoms with E-state index in [1.165, 1.54) is 43.6 Å². The Labute approximate surface area is 347 Å². The number of nitriles is 1. The van der Waals surface area contributed by atoms with E-state index in [1.807, 2.05) is 0 Å². The highest BCUT2D eigenvalue weighted by Crippen LogP contribution is 2.49. The first-order valence-corrected chi connectivity index (χ1v) is 21.0. The monoisotopic (exact) mass is 778 g/mol. The molecule has 5 heterocycles. The van der Waals surface area contributed by atoms with E-state index >= 15 is 0 Å². The van der Waals surface area contributed by atoms with Crippen LogP contribution in [0.3, 0.4) is 0 Å². The molecule has 0 bridgehead atoms. The van der Waals surface area contributed by atoms with Crippen LogP contribution in [0.4, 0.5) is 5.82 Å². The molecule has 0 radical (unpaired) electrons. The lowest BCUT2D eigenvalue weighted by molar-refractivity contribution is 0.468. The molecule has 0 fully saturated rings. The zero-order valence-electron chi connectivity index (χ0n) is 33.7.